The molecule has 4 heteroatoms. The molecular weight excluding hydrogens is 278 g/mol. The molecule has 1 heterocycles. The van der Waals surface area contributed by atoms with Crippen LogP contribution >= 0.6 is 11.3 Å². The number of aryl methyl sites for hydroxylation is 2. The van der Waals surface area contributed by atoms with Crippen LogP contribution in [0.4, 0.5) is 10.8 Å². The second-order valence-electron chi connectivity index (χ2n) is 5.77. The van der Waals surface area contributed by atoms with E-state index in [0.29, 0.717) is 0 Å². The maximum atomic E-state index is 4.83. The Labute approximate surface area is 131 Å². The van der Waals surface area contributed by atoms with Gasteiger partial charge in [0.25, 0.3) is 0 Å². The Balaban J connectivity index is 1.78. The van der Waals surface area contributed by atoms with Gasteiger partial charge in [0, 0.05) is 30.2 Å². The minimum absolute atomic E-state index is 0.745. The molecule has 3 rings (SSSR count). The van der Waals surface area contributed by atoms with Crippen LogP contribution in [0.5, 0.6) is 0 Å². The van der Waals surface area contributed by atoms with Crippen molar-refractivity contribution >= 4 is 22.2 Å². The molecule has 1 saturated carbocycles. The number of rotatable bonds is 6. The third kappa shape index (κ3) is 3.44. The maximum absolute atomic E-state index is 4.83. The third-order valence-electron chi connectivity index (χ3n) is 3.94. The van der Waals surface area contributed by atoms with Crippen molar-refractivity contribution in [1.82, 2.24) is 10.3 Å². The van der Waals surface area contributed by atoms with E-state index in [1.807, 2.05) is 11.3 Å². The van der Waals surface area contributed by atoms with Crippen LogP contribution in [0.2, 0.25) is 0 Å². The Hall–Kier alpha value is -1.39. The van der Waals surface area contributed by atoms with Crippen molar-refractivity contribution in [2.24, 2.45) is 0 Å². The molecule has 0 bridgehead atoms. The largest absolute Gasteiger partial charge is 0.321 e. The number of nitrogens with one attached hydrogen (secondary N) is 1. The number of thiazole rings is 1. The van der Waals surface area contributed by atoms with Gasteiger partial charge in [0.1, 0.15) is 0 Å². The average Bonchev–Trinajstić information content (AvgIpc) is 3.23. The molecule has 3 nitrogen and oxygen atoms in total. The second kappa shape index (κ2) is 6.16. The number of benzene rings is 1. The summed E-state index contributed by atoms with van der Waals surface area (Å²) in [5.41, 5.74) is 3.72. The smallest absolute Gasteiger partial charge is 0.190 e. The van der Waals surface area contributed by atoms with Crippen LogP contribution < -0.4 is 10.2 Å². The summed E-state index contributed by atoms with van der Waals surface area (Å²) in [6.07, 6.45) is 3.66. The lowest BCUT2D eigenvalue weighted by atomic mass is 10.2. The minimum atomic E-state index is 0.745. The van der Waals surface area contributed by atoms with Gasteiger partial charge >= 0.3 is 0 Å². The highest BCUT2D eigenvalue weighted by atomic mass is 32.1. The number of hydrogen-bond donors (Lipinski definition) is 1. The first-order valence-corrected chi connectivity index (χ1v) is 8.51. The molecule has 0 amide bonds. The summed E-state index contributed by atoms with van der Waals surface area (Å²) in [5, 5.41) is 4.69. The minimum Gasteiger partial charge on any atom is -0.321 e. The molecular formula is C17H23N3S. The number of hydrogen-bond acceptors (Lipinski definition) is 4. The van der Waals surface area contributed by atoms with Crippen LogP contribution in [0.25, 0.3) is 0 Å². The summed E-state index contributed by atoms with van der Waals surface area (Å²) < 4.78 is 0. The van der Waals surface area contributed by atoms with Gasteiger partial charge in [-0.1, -0.05) is 36.0 Å². The van der Waals surface area contributed by atoms with Gasteiger partial charge in [0.2, 0.25) is 0 Å². The Morgan fingerprint density at radius 1 is 1.29 bits per heavy atom. The predicted molar refractivity (Wildman–Crippen MR) is 90.6 cm³/mol. The zero-order valence-corrected chi connectivity index (χ0v) is 13.8. The predicted octanol–water partition coefficient (Wildman–Crippen LogP) is 4.03. The van der Waals surface area contributed by atoms with Gasteiger partial charge in [-0.2, -0.15) is 0 Å². The highest BCUT2D eigenvalue weighted by Gasteiger charge is 2.21. The average molecular weight is 301 g/mol. The molecule has 0 atom stereocenters. The Morgan fingerprint density at radius 3 is 2.62 bits per heavy atom. The van der Waals surface area contributed by atoms with Crippen LogP contribution in [-0.4, -0.2) is 18.1 Å². The summed E-state index contributed by atoms with van der Waals surface area (Å²) in [6.45, 7) is 5.27. The van der Waals surface area contributed by atoms with Crippen molar-refractivity contribution in [2.75, 3.05) is 11.9 Å². The maximum Gasteiger partial charge on any atom is 0.190 e. The lowest BCUT2D eigenvalue weighted by molar-refractivity contribution is 0.689. The zero-order valence-electron chi connectivity index (χ0n) is 13.0. The Bertz CT molecular complexity index is 599. The topological polar surface area (TPSA) is 28.2 Å². The Kier molecular flexibility index (Phi) is 4.27. The number of aromatic nitrogens is 1. The van der Waals surface area contributed by atoms with E-state index in [1.165, 1.54) is 34.7 Å². The summed E-state index contributed by atoms with van der Waals surface area (Å²) in [4.78, 5) is 8.40. The van der Waals surface area contributed by atoms with Crippen molar-refractivity contribution < 1.29 is 0 Å². The van der Waals surface area contributed by atoms with Crippen molar-refractivity contribution in [3.05, 3.63) is 40.4 Å². The summed E-state index contributed by atoms with van der Waals surface area (Å²) in [6, 6.07) is 9.36. The van der Waals surface area contributed by atoms with Crippen molar-refractivity contribution in [3.63, 3.8) is 0 Å². The van der Waals surface area contributed by atoms with Gasteiger partial charge in [-0.25, -0.2) is 4.98 Å². The van der Waals surface area contributed by atoms with Gasteiger partial charge in [0.05, 0.1) is 5.69 Å². The van der Waals surface area contributed by atoms with E-state index in [1.54, 1.807) is 0 Å². The van der Waals surface area contributed by atoms with Gasteiger partial charge in [-0.15, -0.1) is 0 Å². The molecule has 1 aliphatic rings. The van der Waals surface area contributed by atoms with E-state index in [4.69, 9.17) is 4.98 Å². The van der Waals surface area contributed by atoms with Crippen molar-refractivity contribution in [3.8, 4) is 0 Å². The summed E-state index contributed by atoms with van der Waals surface area (Å²) in [5.74, 6) is 0. The normalized spacial score (nSPS) is 14.4. The molecule has 1 aliphatic carbocycles. The third-order valence-corrected chi connectivity index (χ3v) is 5.11. The molecule has 1 aromatic carbocycles. The fourth-order valence-corrected chi connectivity index (χ4v) is 3.41. The SMILES string of the molecule is CCc1nc(N(C)c2ccc(C)cc2)sc1CNC1CC1. The molecule has 1 fully saturated rings. The Morgan fingerprint density at radius 2 is 2.00 bits per heavy atom. The van der Waals surface area contributed by atoms with E-state index in [0.717, 1.165) is 24.1 Å². The highest BCUT2D eigenvalue weighted by molar-refractivity contribution is 7.15. The molecule has 0 radical (unpaired) electrons. The van der Waals surface area contributed by atoms with Crippen LogP contribution in [-0.2, 0) is 13.0 Å². The summed E-state index contributed by atoms with van der Waals surface area (Å²) in [7, 11) is 2.10. The molecule has 0 saturated heterocycles. The van der Waals surface area contributed by atoms with Crippen molar-refractivity contribution in [1.29, 1.82) is 0 Å². The molecule has 0 unspecified atom stereocenters. The monoisotopic (exact) mass is 301 g/mol. The molecule has 21 heavy (non-hydrogen) atoms. The lowest BCUT2D eigenvalue weighted by Crippen LogP contribution is -2.15. The van der Waals surface area contributed by atoms with E-state index in [2.05, 4.69) is 55.4 Å². The van der Waals surface area contributed by atoms with Crippen LogP contribution in [0.3, 0.4) is 0 Å². The first kappa shape index (κ1) is 14.5. The standard InChI is InChI=1S/C17H23N3S/c1-4-15-16(11-18-13-7-8-13)21-17(19-15)20(3)14-9-5-12(2)6-10-14/h5-6,9-10,13,18H,4,7-8,11H2,1-3H3. The van der Waals surface area contributed by atoms with E-state index in [-0.39, 0.29) is 0 Å². The highest BCUT2D eigenvalue weighted by Crippen LogP contribution is 2.31. The fourth-order valence-electron chi connectivity index (χ4n) is 2.33. The molecule has 0 spiro atoms. The van der Waals surface area contributed by atoms with Gasteiger partial charge in [0.15, 0.2) is 5.13 Å². The first-order valence-electron chi connectivity index (χ1n) is 7.69. The summed E-state index contributed by atoms with van der Waals surface area (Å²) >= 11 is 1.81. The van der Waals surface area contributed by atoms with Crippen molar-refractivity contribution in [2.45, 2.75) is 45.7 Å². The molecule has 1 N–H and O–H groups in total. The van der Waals surface area contributed by atoms with Gasteiger partial charge in [-0.3, -0.25) is 0 Å². The molecule has 112 valence electrons. The quantitative estimate of drug-likeness (QED) is 0.873. The zero-order chi connectivity index (χ0) is 14.8. The van der Waals surface area contributed by atoms with E-state index < -0.39 is 0 Å². The molecule has 0 aliphatic heterocycles. The van der Waals surface area contributed by atoms with Crippen LogP contribution in [0.15, 0.2) is 24.3 Å². The van der Waals surface area contributed by atoms with Crippen LogP contribution in [0, 0.1) is 6.92 Å². The molecule has 2 aromatic rings. The van der Waals surface area contributed by atoms with Gasteiger partial charge in [-0.05, 0) is 38.3 Å². The molecule has 1 aromatic heterocycles. The van der Waals surface area contributed by atoms with E-state index >= 15 is 0 Å². The second-order valence-corrected chi connectivity index (χ2v) is 6.83. The first-order chi connectivity index (χ1) is 10.2. The van der Waals surface area contributed by atoms with E-state index in [9.17, 15) is 0 Å². The lowest BCUT2D eigenvalue weighted by Gasteiger charge is -2.15. The number of nitrogens with zero attached hydrogens (tertiary/aromatic N) is 2. The van der Waals surface area contributed by atoms with Gasteiger partial charge < -0.3 is 10.2 Å². The van der Waals surface area contributed by atoms with Crippen LogP contribution in [0.1, 0.15) is 35.9 Å². The number of anilines is 2. The fraction of sp³-hybridized carbons (Fsp3) is 0.471.